The van der Waals surface area contributed by atoms with Crippen LogP contribution in [0.5, 0.6) is 0 Å². The molecule has 1 rings (SSSR count). The molecule has 0 aliphatic heterocycles. The Morgan fingerprint density at radius 2 is 2.29 bits per heavy atom. The third-order valence-electron chi connectivity index (χ3n) is 2.00. The van der Waals surface area contributed by atoms with Gasteiger partial charge < -0.3 is 11.1 Å². The molecule has 1 heterocycles. The molecule has 3 N–H and O–H groups in total. The lowest BCUT2D eigenvalue weighted by molar-refractivity contribution is 0.809. The molecular formula is C11H17N3. The Bertz CT molecular complexity index is 318. The summed E-state index contributed by atoms with van der Waals surface area (Å²) in [6.45, 7) is 2.91. The molecule has 0 aliphatic rings. The molecular weight excluding hydrogens is 174 g/mol. The number of nitrogens with one attached hydrogen (secondary N) is 1. The SMILES string of the molecule is CNCCC=Cc1ccc(N)c(C)n1. The van der Waals surface area contributed by atoms with Crippen molar-refractivity contribution in [3.8, 4) is 0 Å². The zero-order valence-electron chi connectivity index (χ0n) is 8.75. The highest BCUT2D eigenvalue weighted by molar-refractivity contribution is 5.51. The van der Waals surface area contributed by atoms with Gasteiger partial charge in [0.15, 0.2) is 0 Å². The van der Waals surface area contributed by atoms with Gasteiger partial charge in [-0.3, -0.25) is 4.98 Å². The van der Waals surface area contributed by atoms with Crippen molar-refractivity contribution in [2.45, 2.75) is 13.3 Å². The number of aryl methyl sites for hydroxylation is 1. The molecule has 76 valence electrons. The summed E-state index contributed by atoms with van der Waals surface area (Å²) in [5.74, 6) is 0. The third-order valence-corrected chi connectivity index (χ3v) is 2.00. The highest BCUT2D eigenvalue weighted by Gasteiger charge is 1.94. The Hall–Kier alpha value is -1.35. The molecule has 0 atom stereocenters. The average Bonchev–Trinajstić information content (AvgIpc) is 2.18. The van der Waals surface area contributed by atoms with Crippen LogP contribution < -0.4 is 11.1 Å². The van der Waals surface area contributed by atoms with Crippen LogP contribution in [0.1, 0.15) is 17.8 Å². The summed E-state index contributed by atoms with van der Waals surface area (Å²) in [5.41, 5.74) is 8.27. The Morgan fingerprint density at radius 1 is 1.50 bits per heavy atom. The molecule has 1 aromatic rings. The Morgan fingerprint density at radius 3 is 2.93 bits per heavy atom. The molecule has 0 saturated carbocycles. The molecule has 0 unspecified atom stereocenters. The highest BCUT2D eigenvalue weighted by atomic mass is 14.8. The topological polar surface area (TPSA) is 50.9 Å². The first kappa shape index (κ1) is 10.7. The van der Waals surface area contributed by atoms with Gasteiger partial charge in [0.25, 0.3) is 0 Å². The number of nitrogen functional groups attached to an aromatic ring is 1. The van der Waals surface area contributed by atoms with E-state index in [4.69, 9.17) is 5.73 Å². The minimum Gasteiger partial charge on any atom is -0.397 e. The first-order valence-corrected chi connectivity index (χ1v) is 4.78. The minimum atomic E-state index is 0.748. The average molecular weight is 191 g/mol. The molecule has 0 amide bonds. The second kappa shape index (κ2) is 5.40. The maximum Gasteiger partial charge on any atom is 0.0631 e. The van der Waals surface area contributed by atoms with Gasteiger partial charge in [-0.15, -0.1) is 0 Å². The van der Waals surface area contributed by atoms with E-state index in [1.807, 2.05) is 32.2 Å². The zero-order chi connectivity index (χ0) is 10.4. The summed E-state index contributed by atoms with van der Waals surface area (Å²) >= 11 is 0. The number of hydrogen-bond acceptors (Lipinski definition) is 3. The molecule has 0 bridgehead atoms. The van der Waals surface area contributed by atoms with Crippen LogP contribution in [-0.4, -0.2) is 18.6 Å². The number of pyridine rings is 1. The number of nitrogens with zero attached hydrogens (tertiary/aromatic N) is 1. The molecule has 3 nitrogen and oxygen atoms in total. The van der Waals surface area contributed by atoms with E-state index < -0.39 is 0 Å². The number of hydrogen-bond donors (Lipinski definition) is 2. The van der Waals surface area contributed by atoms with Crippen LogP contribution in [0.2, 0.25) is 0 Å². The van der Waals surface area contributed by atoms with E-state index in [1.54, 1.807) is 0 Å². The number of nitrogens with two attached hydrogens (primary N) is 1. The maximum atomic E-state index is 5.67. The molecule has 0 fully saturated rings. The lowest BCUT2D eigenvalue weighted by atomic mass is 10.2. The molecule has 1 aromatic heterocycles. The van der Waals surface area contributed by atoms with Crippen molar-refractivity contribution in [1.82, 2.24) is 10.3 Å². The van der Waals surface area contributed by atoms with E-state index >= 15 is 0 Å². The van der Waals surface area contributed by atoms with Crippen LogP contribution in [0.25, 0.3) is 6.08 Å². The van der Waals surface area contributed by atoms with Crippen LogP contribution in [0, 0.1) is 6.92 Å². The summed E-state index contributed by atoms with van der Waals surface area (Å²) < 4.78 is 0. The first-order valence-electron chi connectivity index (χ1n) is 4.78. The smallest absolute Gasteiger partial charge is 0.0631 e. The fourth-order valence-electron chi connectivity index (χ4n) is 1.12. The van der Waals surface area contributed by atoms with Gasteiger partial charge in [-0.2, -0.15) is 0 Å². The van der Waals surface area contributed by atoms with Crippen LogP contribution >= 0.6 is 0 Å². The summed E-state index contributed by atoms with van der Waals surface area (Å²) in [4.78, 5) is 4.34. The van der Waals surface area contributed by atoms with E-state index in [1.165, 1.54) is 0 Å². The largest absolute Gasteiger partial charge is 0.397 e. The molecule has 0 saturated heterocycles. The van der Waals surface area contributed by atoms with Crippen LogP contribution in [0.15, 0.2) is 18.2 Å². The van der Waals surface area contributed by atoms with Gasteiger partial charge in [-0.05, 0) is 45.1 Å². The van der Waals surface area contributed by atoms with E-state index in [-0.39, 0.29) is 0 Å². The fraction of sp³-hybridized carbons (Fsp3) is 0.364. The van der Waals surface area contributed by atoms with Gasteiger partial charge in [-0.1, -0.05) is 6.08 Å². The molecule has 0 radical (unpaired) electrons. The third kappa shape index (κ3) is 3.18. The monoisotopic (exact) mass is 191 g/mol. The van der Waals surface area contributed by atoms with Crippen molar-refractivity contribution >= 4 is 11.8 Å². The molecule has 0 spiro atoms. The zero-order valence-corrected chi connectivity index (χ0v) is 8.75. The van der Waals surface area contributed by atoms with Crippen molar-refractivity contribution in [2.75, 3.05) is 19.3 Å². The van der Waals surface area contributed by atoms with Gasteiger partial charge in [0.1, 0.15) is 0 Å². The van der Waals surface area contributed by atoms with Crippen LogP contribution in [-0.2, 0) is 0 Å². The fourth-order valence-corrected chi connectivity index (χ4v) is 1.12. The van der Waals surface area contributed by atoms with Gasteiger partial charge >= 0.3 is 0 Å². The maximum absolute atomic E-state index is 5.67. The van der Waals surface area contributed by atoms with Gasteiger partial charge in [0.05, 0.1) is 17.1 Å². The van der Waals surface area contributed by atoms with Gasteiger partial charge in [-0.25, -0.2) is 0 Å². The standard InChI is InChI=1S/C11H17N3/c1-9-11(12)7-6-10(14-9)5-3-4-8-13-2/h3,5-7,13H,4,8,12H2,1-2H3. The normalized spacial score (nSPS) is 11.0. The van der Waals surface area contributed by atoms with E-state index in [9.17, 15) is 0 Å². The lowest BCUT2D eigenvalue weighted by Crippen LogP contribution is -2.05. The van der Waals surface area contributed by atoms with Crippen molar-refractivity contribution in [2.24, 2.45) is 0 Å². The van der Waals surface area contributed by atoms with Gasteiger partial charge in [0, 0.05) is 0 Å². The van der Waals surface area contributed by atoms with E-state index in [0.717, 1.165) is 30.0 Å². The molecule has 3 heteroatoms. The second-order valence-corrected chi connectivity index (χ2v) is 3.21. The second-order valence-electron chi connectivity index (χ2n) is 3.21. The van der Waals surface area contributed by atoms with Crippen molar-refractivity contribution in [3.63, 3.8) is 0 Å². The predicted molar refractivity (Wildman–Crippen MR) is 61.0 cm³/mol. The highest BCUT2D eigenvalue weighted by Crippen LogP contribution is 2.09. The molecule has 0 aromatic carbocycles. The summed E-state index contributed by atoms with van der Waals surface area (Å²) in [7, 11) is 1.94. The summed E-state index contributed by atoms with van der Waals surface area (Å²) in [6, 6.07) is 3.82. The number of anilines is 1. The predicted octanol–water partition coefficient (Wildman–Crippen LogP) is 1.59. The summed E-state index contributed by atoms with van der Waals surface area (Å²) in [6.07, 6.45) is 5.14. The number of aromatic nitrogens is 1. The quantitative estimate of drug-likeness (QED) is 0.711. The van der Waals surface area contributed by atoms with Crippen LogP contribution in [0.3, 0.4) is 0 Å². The van der Waals surface area contributed by atoms with E-state index in [0.29, 0.717) is 0 Å². The minimum absolute atomic E-state index is 0.748. The number of rotatable bonds is 4. The Balaban J connectivity index is 2.59. The van der Waals surface area contributed by atoms with Crippen molar-refractivity contribution < 1.29 is 0 Å². The molecule has 0 aliphatic carbocycles. The Labute approximate surface area is 85.0 Å². The summed E-state index contributed by atoms with van der Waals surface area (Å²) in [5, 5.41) is 3.08. The lowest BCUT2D eigenvalue weighted by Gasteiger charge is -1.99. The first-order chi connectivity index (χ1) is 6.74. The van der Waals surface area contributed by atoms with Crippen molar-refractivity contribution in [3.05, 3.63) is 29.6 Å². The van der Waals surface area contributed by atoms with Gasteiger partial charge in [0.2, 0.25) is 0 Å². The Kier molecular flexibility index (Phi) is 4.13. The van der Waals surface area contributed by atoms with Crippen LogP contribution in [0.4, 0.5) is 5.69 Å². The van der Waals surface area contributed by atoms with E-state index in [2.05, 4.69) is 16.4 Å². The molecule has 14 heavy (non-hydrogen) atoms. The van der Waals surface area contributed by atoms with Crippen molar-refractivity contribution in [1.29, 1.82) is 0 Å².